The second-order valence-corrected chi connectivity index (χ2v) is 6.55. The van der Waals surface area contributed by atoms with Crippen LogP contribution in [0.2, 0.25) is 0 Å². The van der Waals surface area contributed by atoms with Gasteiger partial charge < -0.3 is 25.3 Å². The fourth-order valence-electron chi connectivity index (χ4n) is 3.53. The van der Waals surface area contributed by atoms with Crippen molar-refractivity contribution in [2.45, 2.75) is 38.5 Å². The van der Waals surface area contributed by atoms with Crippen molar-refractivity contribution in [3.63, 3.8) is 0 Å². The number of hydrogen-bond acceptors (Lipinski definition) is 5. The van der Waals surface area contributed by atoms with E-state index in [2.05, 4.69) is 31.3 Å². The van der Waals surface area contributed by atoms with E-state index in [1.165, 1.54) is 5.56 Å². The molecule has 1 amide bonds. The van der Waals surface area contributed by atoms with Gasteiger partial charge in [0.05, 0.1) is 12.7 Å². The molecule has 27 heavy (non-hydrogen) atoms. The standard InChI is InChI=1S/C21H26N2O4/c1-4-21(5-2)15-8-6-7-9-16(15)23-20(27-21)14-10-11-17(18(12-14)25-3)26-13-19(22)24/h6-12,20,23H,4-5,13H2,1-3H3,(H2,22,24). The number of carbonyl (C=O) groups excluding carboxylic acids is 1. The quantitative estimate of drug-likeness (QED) is 0.776. The lowest BCUT2D eigenvalue weighted by molar-refractivity contribution is -0.120. The molecule has 3 rings (SSSR count). The van der Waals surface area contributed by atoms with E-state index in [1.807, 2.05) is 24.3 Å². The number of carbonyl (C=O) groups is 1. The molecule has 2 aromatic carbocycles. The molecule has 1 heterocycles. The second-order valence-electron chi connectivity index (χ2n) is 6.55. The van der Waals surface area contributed by atoms with Crippen molar-refractivity contribution in [3.8, 4) is 11.5 Å². The van der Waals surface area contributed by atoms with Gasteiger partial charge in [-0.05, 0) is 31.0 Å². The Morgan fingerprint density at radius 2 is 1.93 bits per heavy atom. The lowest BCUT2D eigenvalue weighted by Gasteiger charge is -2.43. The van der Waals surface area contributed by atoms with Crippen LogP contribution >= 0.6 is 0 Å². The summed E-state index contributed by atoms with van der Waals surface area (Å²) >= 11 is 0. The number of para-hydroxylation sites is 1. The highest BCUT2D eigenvalue weighted by atomic mass is 16.5. The number of anilines is 1. The van der Waals surface area contributed by atoms with Crippen LogP contribution < -0.4 is 20.5 Å². The van der Waals surface area contributed by atoms with E-state index in [0.717, 1.165) is 24.1 Å². The molecule has 0 spiro atoms. The summed E-state index contributed by atoms with van der Waals surface area (Å²) in [6.07, 6.45) is 1.42. The van der Waals surface area contributed by atoms with Crippen LogP contribution in [0, 0.1) is 0 Å². The minimum absolute atomic E-state index is 0.198. The largest absolute Gasteiger partial charge is 0.493 e. The first-order valence-corrected chi connectivity index (χ1v) is 9.16. The molecule has 0 aromatic heterocycles. The maximum Gasteiger partial charge on any atom is 0.255 e. The minimum Gasteiger partial charge on any atom is -0.493 e. The molecular formula is C21H26N2O4. The van der Waals surface area contributed by atoms with Crippen molar-refractivity contribution in [3.05, 3.63) is 53.6 Å². The Labute approximate surface area is 159 Å². The summed E-state index contributed by atoms with van der Waals surface area (Å²) in [5.74, 6) is 0.454. The van der Waals surface area contributed by atoms with Crippen molar-refractivity contribution in [2.75, 3.05) is 19.0 Å². The van der Waals surface area contributed by atoms with E-state index in [0.29, 0.717) is 11.5 Å². The van der Waals surface area contributed by atoms with Gasteiger partial charge >= 0.3 is 0 Å². The molecule has 1 unspecified atom stereocenters. The molecule has 3 N–H and O–H groups in total. The van der Waals surface area contributed by atoms with Crippen molar-refractivity contribution in [1.29, 1.82) is 0 Å². The summed E-state index contributed by atoms with van der Waals surface area (Å²) < 4.78 is 17.4. The number of amides is 1. The lowest BCUT2D eigenvalue weighted by atomic mass is 9.85. The first-order chi connectivity index (χ1) is 13.0. The molecule has 0 bridgehead atoms. The summed E-state index contributed by atoms with van der Waals surface area (Å²) in [7, 11) is 1.56. The van der Waals surface area contributed by atoms with Crippen LogP contribution in [0.25, 0.3) is 0 Å². The zero-order valence-electron chi connectivity index (χ0n) is 16.0. The minimum atomic E-state index is -0.536. The molecule has 0 fully saturated rings. The Bertz CT molecular complexity index is 818. The van der Waals surface area contributed by atoms with Crippen molar-refractivity contribution in [1.82, 2.24) is 0 Å². The maximum atomic E-state index is 11.0. The Balaban J connectivity index is 1.94. The van der Waals surface area contributed by atoms with Gasteiger partial charge in [0.25, 0.3) is 5.91 Å². The number of fused-ring (bicyclic) bond motifs is 1. The zero-order valence-corrected chi connectivity index (χ0v) is 16.0. The van der Waals surface area contributed by atoms with Crippen molar-refractivity contribution in [2.24, 2.45) is 5.73 Å². The number of nitrogens with one attached hydrogen (secondary N) is 1. The van der Waals surface area contributed by atoms with E-state index in [9.17, 15) is 4.79 Å². The molecule has 1 aliphatic heterocycles. The number of ether oxygens (including phenoxy) is 3. The summed E-state index contributed by atoms with van der Waals surface area (Å²) in [5, 5.41) is 3.46. The molecule has 0 radical (unpaired) electrons. The molecule has 6 nitrogen and oxygen atoms in total. The van der Waals surface area contributed by atoms with Crippen LogP contribution in [-0.2, 0) is 15.1 Å². The van der Waals surface area contributed by atoms with Crippen LogP contribution in [0.15, 0.2) is 42.5 Å². The highest BCUT2D eigenvalue weighted by Crippen LogP contribution is 2.46. The molecular weight excluding hydrogens is 344 g/mol. The van der Waals surface area contributed by atoms with E-state index in [1.54, 1.807) is 13.2 Å². The first-order valence-electron chi connectivity index (χ1n) is 9.16. The van der Waals surface area contributed by atoms with Gasteiger partial charge in [-0.2, -0.15) is 0 Å². The summed E-state index contributed by atoms with van der Waals surface area (Å²) in [5.41, 5.74) is 7.97. The predicted molar refractivity (Wildman–Crippen MR) is 104 cm³/mol. The van der Waals surface area contributed by atoms with Crippen LogP contribution in [0.5, 0.6) is 11.5 Å². The van der Waals surface area contributed by atoms with Gasteiger partial charge in [-0.3, -0.25) is 4.79 Å². The third kappa shape index (κ3) is 3.71. The molecule has 6 heteroatoms. The maximum absolute atomic E-state index is 11.0. The molecule has 0 aliphatic carbocycles. The third-order valence-corrected chi connectivity index (χ3v) is 5.05. The number of primary amides is 1. The van der Waals surface area contributed by atoms with E-state index in [-0.39, 0.29) is 18.4 Å². The molecule has 144 valence electrons. The Morgan fingerprint density at radius 1 is 1.19 bits per heavy atom. The van der Waals surface area contributed by atoms with Crippen LogP contribution in [0.1, 0.15) is 44.0 Å². The lowest BCUT2D eigenvalue weighted by Crippen LogP contribution is -2.37. The fraction of sp³-hybridized carbons (Fsp3) is 0.381. The topological polar surface area (TPSA) is 82.8 Å². The average molecular weight is 370 g/mol. The summed E-state index contributed by atoms with van der Waals surface area (Å²) in [6, 6.07) is 13.8. The normalized spacial score (nSPS) is 17.5. The van der Waals surface area contributed by atoms with E-state index >= 15 is 0 Å². The zero-order chi connectivity index (χ0) is 19.4. The molecule has 2 aromatic rings. The number of methoxy groups -OCH3 is 1. The molecule has 0 saturated heterocycles. The van der Waals surface area contributed by atoms with Gasteiger partial charge in [-0.15, -0.1) is 0 Å². The van der Waals surface area contributed by atoms with Crippen LogP contribution in [-0.4, -0.2) is 19.6 Å². The Kier molecular flexibility index (Phi) is 5.56. The number of rotatable bonds is 7. The third-order valence-electron chi connectivity index (χ3n) is 5.05. The van der Waals surface area contributed by atoms with Crippen LogP contribution in [0.4, 0.5) is 5.69 Å². The number of benzene rings is 2. The number of nitrogens with two attached hydrogens (primary N) is 1. The van der Waals surface area contributed by atoms with Crippen LogP contribution in [0.3, 0.4) is 0 Å². The van der Waals surface area contributed by atoms with Gasteiger partial charge in [-0.1, -0.05) is 38.1 Å². The van der Waals surface area contributed by atoms with E-state index < -0.39 is 5.91 Å². The molecule has 1 atom stereocenters. The SMILES string of the molecule is CCC1(CC)OC(c2ccc(OCC(N)=O)c(OC)c2)Nc2ccccc21. The van der Waals surface area contributed by atoms with Gasteiger partial charge in [0.1, 0.15) is 0 Å². The smallest absolute Gasteiger partial charge is 0.255 e. The molecule has 1 aliphatic rings. The Morgan fingerprint density at radius 3 is 2.59 bits per heavy atom. The van der Waals surface area contributed by atoms with Gasteiger partial charge in [0.2, 0.25) is 0 Å². The highest BCUT2D eigenvalue weighted by molar-refractivity contribution is 5.75. The fourth-order valence-corrected chi connectivity index (χ4v) is 3.53. The second kappa shape index (κ2) is 7.88. The predicted octanol–water partition coefficient (Wildman–Crippen LogP) is 3.72. The van der Waals surface area contributed by atoms with Crippen molar-refractivity contribution >= 4 is 11.6 Å². The van der Waals surface area contributed by atoms with Gasteiger partial charge in [0, 0.05) is 16.8 Å². The highest BCUT2D eigenvalue weighted by Gasteiger charge is 2.39. The van der Waals surface area contributed by atoms with E-state index in [4.69, 9.17) is 19.9 Å². The molecule has 0 saturated carbocycles. The van der Waals surface area contributed by atoms with Crippen molar-refractivity contribution < 1.29 is 19.0 Å². The Hall–Kier alpha value is -2.73. The number of hydrogen-bond donors (Lipinski definition) is 2. The monoisotopic (exact) mass is 370 g/mol. The summed E-state index contributed by atoms with van der Waals surface area (Å²) in [4.78, 5) is 11.0. The van der Waals surface area contributed by atoms with Gasteiger partial charge in [0.15, 0.2) is 24.3 Å². The average Bonchev–Trinajstić information content (AvgIpc) is 2.71. The summed E-state index contributed by atoms with van der Waals surface area (Å²) in [6.45, 7) is 4.09. The first kappa shape index (κ1) is 19.0. The van der Waals surface area contributed by atoms with Gasteiger partial charge in [-0.25, -0.2) is 0 Å².